The van der Waals surface area contributed by atoms with Gasteiger partial charge in [0.2, 0.25) is 13.3 Å². The minimum atomic E-state index is -0.106. The first kappa shape index (κ1) is 45.9. The van der Waals surface area contributed by atoms with Gasteiger partial charge in [-0.25, -0.2) is 0 Å². The number of nitrogens with zero attached hydrogens (tertiary/aromatic N) is 4. The second-order valence-electron chi connectivity index (χ2n) is 14.5. The Morgan fingerprint density at radius 2 is 0.566 bits per heavy atom. The average Bonchev–Trinajstić information content (AvgIpc) is 3.05. The number of aryl methyl sites for hydroxylation is 12. The van der Waals surface area contributed by atoms with Gasteiger partial charge in [-0.15, -0.1) is 0 Å². The summed E-state index contributed by atoms with van der Waals surface area (Å²) in [6.45, 7) is 37.8. The summed E-state index contributed by atoms with van der Waals surface area (Å²) in [5, 5.41) is 0. The van der Waals surface area contributed by atoms with Crippen LogP contribution in [0.3, 0.4) is 0 Å². The number of rotatable bonds is 4. The molecule has 0 N–H and O–H groups in total. The fourth-order valence-corrected chi connectivity index (χ4v) is 8.31. The monoisotopic (exact) mass is 1000 g/mol. The Morgan fingerprint density at radius 3 is 0.717 bits per heavy atom. The van der Waals surface area contributed by atoms with Crippen LogP contribution < -0.4 is 19.6 Å². The van der Waals surface area contributed by atoms with Gasteiger partial charge in [-0.3, -0.25) is 0 Å². The van der Waals surface area contributed by atoms with Crippen molar-refractivity contribution < 1.29 is 34.9 Å². The van der Waals surface area contributed by atoms with E-state index in [1.807, 2.05) is 0 Å². The minimum absolute atomic E-state index is 0.106. The summed E-state index contributed by atoms with van der Waals surface area (Å²) in [4.78, 5) is 9.25. The molecule has 0 spiro atoms. The van der Waals surface area contributed by atoms with Crippen molar-refractivity contribution in [3.63, 3.8) is 0 Å². The van der Waals surface area contributed by atoms with Gasteiger partial charge in [0.05, 0.1) is 0 Å². The van der Waals surface area contributed by atoms with Crippen molar-refractivity contribution in [2.75, 3.05) is 45.8 Å². The average molecular weight is 1010 g/mol. The normalized spacial score (nSPS) is 14.2. The second kappa shape index (κ2) is 21.7. The summed E-state index contributed by atoms with van der Waals surface area (Å²) < 4.78 is 0. The quantitative estimate of drug-likeness (QED) is 0.189. The molecule has 4 aromatic rings. The predicted octanol–water partition coefficient (Wildman–Crippen LogP) is 12.7. The van der Waals surface area contributed by atoms with Crippen LogP contribution in [0.2, 0.25) is 0 Å². The third kappa shape index (κ3) is 12.3. The molecule has 4 nitrogen and oxygen atoms in total. The molecule has 4 aromatic carbocycles. The third-order valence-electron chi connectivity index (χ3n) is 9.63. The van der Waals surface area contributed by atoms with Gasteiger partial charge in [0.15, 0.2) is 0 Å². The molecule has 2 aliphatic rings. The molecule has 0 atom stereocenters. The molecule has 2 heterocycles. The third-order valence-corrected chi connectivity index (χ3v) is 9.63. The van der Waals surface area contributed by atoms with Crippen molar-refractivity contribution in [2.24, 2.45) is 0 Å². The number of hydrogen-bond donors (Lipinski definition) is 0. The Morgan fingerprint density at radius 1 is 0.415 bits per heavy atom. The summed E-state index contributed by atoms with van der Waals surface area (Å²) in [6.07, 6.45) is 2.29. The van der Waals surface area contributed by atoms with Gasteiger partial charge in [0, 0.05) is 48.9 Å². The predicted molar refractivity (Wildman–Crippen MR) is 228 cm³/mol. The van der Waals surface area contributed by atoms with E-state index in [1.165, 1.54) is 89.5 Å². The Labute approximate surface area is 357 Å². The van der Waals surface area contributed by atoms with Crippen LogP contribution in [0.1, 0.15) is 79.6 Å². The molecule has 53 heavy (non-hydrogen) atoms. The summed E-state index contributed by atoms with van der Waals surface area (Å²) in [6, 6.07) is 18.2. The molecule has 4 radical (unpaired) electrons. The van der Waals surface area contributed by atoms with Gasteiger partial charge in [0.1, 0.15) is 0 Å². The fraction of sp³-hybridized carbons (Fsp3) is 0.409. The van der Waals surface area contributed by atoms with Gasteiger partial charge in [-0.05, 0) is 140 Å². The number of halogens is 3. The summed E-state index contributed by atoms with van der Waals surface area (Å²) in [5.41, 5.74) is 21.2. The molecular weight excluding hydrogens is 950 g/mol. The first-order chi connectivity index (χ1) is 25.1. The Hall–Kier alpha value is -1.46. The van der Waals surface area contributed by atoms with Crippen molar-refractivity contribution >= 4 is 54.8 Å². The zero-order valence-electron chi connectivity index (χ0n) is 33.4. The van der Waals surface area contributed by atoms with Crippen molar-refractivity contribution in [1.29, 1.82) is 0 Å². The first-order valence-electron chi connectivity index (χ1n) is 18.0. The molecule has 294 valence electrons. The summed E-state index contributed by atoms with van der Waals surface area (Å²) in [5.74, 6) is 0. The molecule has 2 fully saturated rings. The summed E-state index contributed by atoms with van der Waals surface area (Å²) >= 11 is 5.40. The van der Waals surface area contributed by atoms with E-state index >= 15 is 0 Å². The molecule has 0 aromatic heterocycles. The second-order valence-corrected chi connectivity index (χ2v) is 16.9. The van der Waals surface area contributed by atoms with E-state index in [0.717, 1.165) is 39.0 Å². The van der Waals surface area contributed by atoms with Crippen LogP contribution >= 0.6 is 32.1 Å². The van der Waals surface area contributed by atoms with E-state index < -0.39 is 0 Å². The van der Waals surface area contributed by atoms with E-state index in [1.54, 1.807) is 0 Å². The molecule has 0 amide bonds. The molecule has 0 saturated carbocycles. The van der Waals surface area contributed by atoms with E-state index in [-0.39, 0.29) is 15.9 Å². The van der Waals surface area contributed by atoms with E-state index in [4.69, 9.17) is 19.1 Å². The van der Waals surface area contributed by atoms with E-state index in [0.29, 0.717) is 0 Å². The Balaban J connectivity index is 0.000000255. The first-order valence-corrected chi connectivity index (χ1v) is 25.4. The molecule has 2 aliphatic heterocycles. The van der Waals surface area contributed by atoms with Crippen molar-refractivity contribution in [1.82, 2.24) is 0 Å². The zero-order valence-corrected chi connectivity index (χ0v) is 39.5. The molecule has 2 saturated heterocycles. The van der Waals surface area contributed by atoms with Crippen LogP contribution in [-0.4, -0.2) is 26.2 Å². The van der Waals surface area contributed by atoms with Crippen molar-refractivity contribution in [2.45, 2.75) is 95.9 Å². The molecule has 0 bridgehead atoms. The van der Waals surface area contributed by atoms with Crippen LogP contribution in [0.4, 0.5) is 22.7 Å². The standard InChI is InChI=1S/2C22H28N2.Ag.BrH.2ClH.Pd/c2*1-15-10-17(3)21(18(4)11-15)23-8-7-9-24(14-23)22-19(5)12-16(2)13-20(22)6;;;;;/h2*10-13H,7-9H2,1-6H3;;3*1H;/q;;+1;;;;+2/p-3. The number of benzene rings is 4. The van der Waals surface area contributed by atoms with Crippen LogP contribution in [0.25, 0.3) is 0 Å². The van der Waals surface area contributed by atoms with Gasteiger partial charge in [-0.1, -0.05) is 70.8 Å². The van der Waals surface area contributed by atoms with Gasteiger partial charge >= 0.3 is 67.0 Å². The zero-order chi connectivity index (χ0) is 39.6. The number of anilines is 4. The summed E-state index contributed by atoms with van der Waals surface area (Å²) in [7, 11) is 9.63. The molecule has 0 unspecified atom stereocenters. The number of hydrogen-bond acceptors (Lipinski definition) is 4. The van der Waals surface area contributed by atoms with Gasteiger partial charge in [0.25, 0.3) is 0 Å². The topological polar surface area (TPSA) is 13.0 Å². The van der Waals surface area contributed by atoms with E-state index in [9.17, 15) is 0 Å². The van der Waals surface area contributed by atoms with Gasteiger partial charge < -0.3 is 19.6 Å². The van der Waals surface area contributed by atoms with E-state index in [2.05, 4.69) is 197 Å². The van der Waals surface area contributed by atoms with Crippen LogP contribution in [0.5, 0.6) is 0 Å². The fourth-order valence-electron chi connectivity index (χ4n) is 8.31. The van der Waals surface area contributed by atoms with Crippen LogP contribution in [0, 0.1) is 96.4 Å². The van der Waals surface area contributed by atoms with Gasteiger partial charge in [-0.2, -0.15) is 0 Å². The Bertz CT molecular complexity index is 1480. The SMILES string of the molecule is Cc1cc(C)c(N2[C]N(c3c(C)cc(C)cc3C)CCC2)c(C)c1.Cc1cc(C)c(N2[C]N(c3c(C)cc(C)cc3C)CCC2)c(C)c1.[Br][Ag].[Cl][Pd][Cl]. The molecular formula is C44H56AgBrCl2N4Pd. The molecule has 9 heteroatoms. The van der Waals surface area contributed by atoms with Crippen molar-refractivity contribution in [3.8, 4) is 0 Å². The maximum atomic E-state index is 4.81. The molecule has 6 rings (SSSR count). The van der Waals surface area contributed by atoms with Crippen LogP contribution in [0.15, 0.2) is 48.5 Å². The van der Waals surface area contributed by atoms with Crippen LogP contribution in [-0.2, 0) is 34.9 Å². The Kier molecular flexibility index (Phi) is 18.8. The maximum absolute atomic E-state index is 4.81. The van der Waals surface area contributed by atoms with Crippen molar-refractivity contribution in [3.05, 3.63) is 129 Å². The molecule has 0 aliphatic carbocycles.